The molecule has 0 aliphatic heterocycles. The van der Waals surface area contributed by atoms with Crippen molar-refractivity contribution in [2.24, 2.45) is 0 Å². The van der Waals surface area contributed by atoms with Crippen LogP contribution in [-0.2, 0) is 0 Å². The predicted octanol–water partition coefficient (Wildman–Crippen LogP) is 2.97. The molecule has 0 fully saturated rings. The normalized spacial score (nSPS) is 16.3. The van der Waals surface area contributed by atoms with Crippen molar-refractivity contribution in [3.8, 4) is 0 Å². The van der Waals surface area contributed by atoms with Gasteiger partial charge in [-0.3, -0.25) is 0 Å². The standard InChI is InChI=1S/C10H22OSi/c1-6-8-10(9(11)7-2)12(3,4)5/h8-9,11H,6-7H2,1-5H3. The van der Waals surface area contributed by atoms with E-state index in [1.54, 1.807) is 0 Å². The first kappa shape index (κ1) is 11.9. The number of hydrogen-bond acceptors (Lipinski definition) is 1. The fourth-order valence-corrected chi connectivity index (χ4v) is 3.40. The van der Waals surface area contributed by atoms with Gasteiger partial charge in [-0.15, -0.1) is 0 Å². The molecule has 0 aromatic carbocycles. The van der Waals surface area contributed by atoms with Gasteiger partial charge in [0.1, 0.15) is 0 Å². The van der Waals surface area contributed by atoms with E-state index in [2.05, 4.69) is 32.6 Å². The highest BCUT2D eigenvalue weighted by atomic mass is 28.3. The summed E-state index contributed by atoms with van der Waals surface area (Å²) >= 11 is 0. The molecule has 0 spiro atoms. The van der Waals surface area contributed by atoms with Crippen LogP contribution in [0.15, 0.2) is 11.3 Å². The quantitative estimate of drug-likeness (QED) is 0.669. The molecule has 2 heteroatoms. The fourth-order valence-electron chi connectivity index (χ4n) is 1.38. The minimum atomic E-state index is -1.28. The monoisotopic (exact) mass is 186 g/mol. The number of hydrogen-bond donors (Lipinski definition) is 1. The third-order valence-corrected chi connectivity index (χ3v) is 4.31. The first-order chi connectivity index (χ1) is 5.43. The first-order valence-electron chi connectivity index (χ1n) is 4.82. The molecule has 0 aromatic heterocycles. The number of rotatable bonds is 4. The molecule has 0 bridgehead atoms. The van der Waals surface area contributed by atoms with Crippen molar-refractivity contribution in [3.63, 3.8) is 0 Å². The summed E-state index contributed by atoms with van der Waals surface area (Å²) in [4.78, 5) is 0. The summed E-state index contributed by atoms with van der Waals surface area (Å²) in [7, 11) is -1.28. The maximum absolute atomic E-state index is 9.75. The minimum absolute atomic E-state index is 0.198. The zero-order chi connectivity index (χ0) is 9.78. The minimum Gasteiger partial charge on any atom is -0.389 e. The van der Waals surface area contributed by atoms with Gasteiger partial charge in [-0.05, 0) is 12.8 Å². The molecule has 0 saturated heterocycles. The molecular formula is C10H22OSi. The van der Waals surface area contributed by atoms with E-state index in [4.69, 9.17) is 0 Å². The van der Waals surface area contributed by atoms with Gasteiger partial charge in [0.15, 0.2) is 0 Å². The zero-order valence-corrected chi connectivity index (χ0v) is 10.0. The summed E-state index contributed by atoms with van der Waals surface area (Å²) in [6.07, 6.45) is 3.89. The Balaban J connectivity index is 4.56. The summed E-state index contributed by atoms with van der Waals surface area (Å²) in [6, 6.07) is 0. The van der Waals surface area contributed by atoms with E-state index in [0.29, 0.717) is 0 Å². The van der Waals surface area contributed by atoms with Crippen LogP contribution >= 0.6 is 0 Å². The van der Waals surface area contributed by atoms with Crippen LogP contribution in [-0.4, -0.2) is 19.3 Å². The Labute approximate surface area is 77.5 Å². The molecule has 12 heavy (non-hydrogen) atoms. The van der Waals surface area contributed by atoms with Crippen LogP contribution in [0.4, 0.5) is 0 Å². The van der Waals surface area contributed by atoms with E-state index in [1.807, 2.05) is 6.92 Å². The molecule has 72 valence electrons. The van der Waals surface area contributed by atoms with Gasteiger partial charge < -0.3 is 5.11 Å². The van der Waals surface area contributed by atoms with E-state index in [0.717, 1.165) is 12.8 Å². The van der Waals surface area contributed by atoms with Crippen LogP contribution < -0.4 is 0 Å². The summed E-state index contributed by atoms with van der Waals surface area (Å²) < 4.78 is 0. The Hall–Kier alpha value is -0.0831. The molecule has 0 amide bonds. The van der Waals surface area contributed by atoms with Crippen molar-refractivity contribution in [3.05, 3.63) is 11.3 Å². The van der Waals surface area contributed by atoms with E-state index in [9.17, 15) is 5.11 Å². The second-order valence-corrected chi connectivity index (χ2v) is 9.32. The smallest absolute Gasteiger partial charge is 0.0753 e. The highest BCUT2D eigenvalue weighted by molar-refractivity contribution is 6.83. The highest BCUT2D eigenvalue weighted by Gasteiger charge is 2.23. The van der Waals surface area contributed by atoms with Crippen molar-refractivity contribution >= 4 is 8.07 Å². The second-order valence-electron chi connectivity index (χ2n) is 4.24. The van der Waals surface area contributed by atoms with Gasteiger partial charge in [0.05, 0.1) is 14.2 Å². The van der Waals surface area contributed by atoms with Gasteiger partial charge in [-0.1, -0.05) is 44.8 Å². The Morgan fingerprint density at radius 1 is 1.33 bits per heavy atom. The van der Waals surface area contributed by atoms with Crippen molar-refractivity contribution < 1.29 is 5.11 Å². The SMILES string of the molecule is CCC=C(C(O)CC)[Si](C)(C)C. The Kier molecular flexibility index (Phi) is 4.79. The molecule has 0 heterocycles. The van der Waals surface area contributed by atoms with Crippen LogP contribution in [0, 0.1) is 0 Å². The molecule has 1 nitrogen and oxygen atoms in total. The third-order valence-electron chi connectivity index (χ3n) is 2.04. The Morgan fingerprint density at radius 2 is 1.83 bits per heavy atom. The van der Waals surface area contributed by atoms with Crippen LogP contribution in [0.2, 0.25) is 19.6 Å². The number of allylic oxidation sites excluding steroid dienone is 1. The maximum atomic E-state index is 9.75. The molecule has 0 radical (unpaired) electrons. The van der Waals surface area contributed by atoms with E-state index in [1.165, 1.54) is 5.20 Å². The molecule has 1 N–H and O–H groups in total. The van der Waals surface area contributed by atoms with Gasteiger partial charge in [0.25, 0.3) is 0 Å². The molecule has 0 aliphatic carbocycles. The van der Waals surface area contributed by atoms with Gasteiger partial charge in [0, 0.05) is 0 Å². The summed E-state index contributed by atoms with van der Waals surface area (Å²) in [5.41, 5.74) is 0. The lowest BCUT2D eigenvalue weighted by Crippen LogP contribution is -2.31. The molecule has 0 aromatic rings. The van der Waals surface area contributed by atoms with Crippen molar-refractivity contribution in [1.82, 2.24) is 0 Å². The van der Waals surface area contributed by atoms with Crippen LogP contribution in [0.1, 0.15) is 26.7 Å². The van der Waals surface area contributed by atoms with Crippen LogP contribution in [0.25, 0.3) is 0 Å². The van der Waals surface area contributed by atoms with Crippen LogP contribution in [0.3, 0.4) is 0 Å². The van der Waals surface area contributed by atoms with Gasteiger partial charge in [-0.2, -0.15) is 0 Å². The average molecular weight is 186 g/mol. The molecule has 0 rings (SSSR count). The lowest BCUT2D eigenvalue weighted by molar-refractivity contribution is 0.212. The van der Waals surface area contributed by atoms with Gasteiger partial charge >= 0.3 is 0 Å². The Bertz CT molecular complexity index is 156. The van der Waals surface area contributed by atoms with Crippen LogP contribution in [0.5, 0.6) is 0 Å². The fraction of sp³-hybridized carbons (Fsp3) is 0.800. The molecular weight excluding hydrogens is 164 g/mol. The van der Waals surface area contributed by atoms with Crippen molar-refractivity contribution in [2.45, 2.75) is 52.4 Å². The topological polar surface area (TPSA) is 20.2 Å². The summed E-state index contributed by atoms with van der Waals surface area (Å²) in [6.45, 7) is 11.0. The van der Waals surface area contributed by atoms with E-state index in [-0.39, 0.29) is 6.10 Å². The second kappa shape index (κ2) is 4.82. The van der Waals surface area contributed by atoms with E-state index >= 15 is 0 Å². The number of aliphatic hydroxyl groups is 1. The zero-order valence-electron chi connectivity index (χ0n) is 9.02. The highest BCUT2D eigenvalue weighted by Crippen LogP contribution is 2.20. The summed E-state index contributed by atoms with van der Waals surface area (Å²) in [5, 5.41) is 11.1. The van der Waals surface area contributed by atoms with E-state index < -0.39 is 8.07 Å². The van der Waals surface area contributed by atoms with Crippen molar-refractivity contribution in [2.75, 3.05) is 0 Å². The molecule has 1 unspecified atom stereocenters. The predicted molar refractivity (Wildman–Crippen MR) is 58.0 cm³/mol. The van der Waals surface area contributed by atoms with Gasteiger partial charge in [-0.25, -0.2) is 0 Å². The molecule has 1 atom stereocenters. The average Bonchev–Trinajstić information content (AvgIpc) is 1.96. The lowest BCUT2D eigenvalue weighted by Gasteiger charge is -2.25. The van der Waals surface area contributed by atoms with Crippen molar-refractivity contribution in [1.29, 1.82) is 0 Å². The largest absolute Gasteiger partial charge is 0.389 e. The lowest BCUT2D eigenvalue weighted by atomic mass is 10.2. The summed E-state index contributed by atoms with van der Waals surface area (Å²) in [5.74, 6) is 0. The molecule has 0 saturated carbocycles. The molecule has 0 aliphatic rings. The van der Waals surface area contributed by atoms with Gasteiger partial charge in [0.2, 0.25) is 0 Å². The Morgan fingerprint density at radius 3 is 2.08 bits per heavy atom. The first-order valence-corrected chi connectivity index (χ1v) is 8.32. The third kappa shape index (κ3) is 3.54. The number of aliphatic hydroxyl groups excluding tert-OH is 1. The maximum Gasteiger partial charge on any atom is 0.0753 e.